The van der Waals surface area contributed by atoms with Crippen LogP contribution in [-0.4, -0.2) is 25.3 Å². The fourth-order valence-corrected chi connectivity index (χ4v) is 1.53. The summed E-state index contributed by atoms with van der Waals surface area (Å²) in [4.78, 5) is 22.1. The van der Waals surface area contributed by atoms with Crippen molar-refractivity contribution >= 4 is 18.2 Å². The van der Waals surface area contributed by atoms with Gasteiger partial charge in [-0.05, 0) is 36.6 Å². The number of hydrogen-bond acceptors (Lipinski definition) is 5. The number of carbonyl (C=O) groups excluding carboxylic acids is 2. The lowest BCUT2D eigenvalue weighted by Gasteiger charge is -2.09. The Kier molecular flexibility index (Phi) is 4.19. The van der Waals surface area contributed by atoms with E-state index in [9.17, 15) is 9.59 Å². The van der Waals surface area contributed by atoms with Gasteiger partial charge in [0.1, 0.15) is 0 Å². The minimum absolute atomic E-state index is 0.0145. The number of methoxy groups -OCH3 is 1. The second-order valence-corrected chi connectivity index (χ2v) is 4.34. The summed E-state index contributed by atoms with van der Waals surface area (Å²) in [6, 6.07) is 4.19. The largest absolute Gasteiger partial charge is 0.493 e. The molecule has 0 radical (unpaired) electrons. The van der Waals surface area contributed by atoms with Crippen LogP contribution in [0.2, 0.25) is 0 Å². The molecule has 20 heavy (non-hydrogen) atoms. The fraction of sp³-hybridized carbons (Fsp3) is 0.308. The molecule has 0 atom stereocenters. The highest BCUT2D eigenvalue weighted by molar-refractivity contribution is 5.83. The van der Waals surface area contributed by atoms with E-state index in [4.69, 9.17) is 15.2 Å². The Labute approximate surface area is 115 Å². The molecule has 0 saturated heterocycles. The van der Waals surface area contributed by atoms with E-state index in [0.717, 1.165) is 12.8 Å². The molecule has 0 heterocycles. The van der Waals surface area contributed by atoms with Crippen LogP contribution in [0.1, 0.15) is 18.4 Å². The molecule has 0 aromatic heterocycles. The van der Waals surface area contributed by atoms with Crippen molar-refractivity contribution in [1.82, 2.24) is 5.43 Å². The van der Waals surface area contributed by atoms with Crippen molar-refractivity contribution in [3.63, 3.8) is 0 Å². The molecule has 1 aliphatic carbocycles. The molecule has 1 saturated carbocycles. The Morgan fingerprint density at radius 1 is 1.40 bits per heavy atom. The second kappa shape index (κ2) is 6.05. The molecule has 0 aliphatic heterocycles. The maximum atomic E-state index is 11.6. The average Bonchev–Trinajstić information content (AvgIpc) is 3.24. The van der Waals surface area contributed by atoms with Gasteiger partial charge in [0, 0.05) is 0 Å². The van der Waals surface area contributed by atoms with Crippen LogP contribution in [0, 0.1) is 5.92 Å². The highest BCUT2D eigenvalue weighted by Gasteiger charge is 2.32. The number of primary amides is 1. The minimum atomic E-state index is -0.747. The number of rotatable bonds is 5. The molecular weight excluding hydrogens is 262 g/mol. The van der Waals surface area contributed by atoms with Crippen molar-refractivity contribution in [1.29, 1.82) is 0 Å². The number of esters is 1. The van der Waals surface area contributed by atoms with E-state index in [-0.39, 0.29) is 11.9 Å². The van der Waals surface area contributed by atoms with Crippen LogP contribution in [0.15, 0.2) is 23.3 Å². The van der Waals surface area contributed by atoms with E-state index in [1.807, 2.05) is 0 Å². The smallest absolute Gasteiger partial charge is 0.332 e. The Balaban J connectivity index is 2.08. The normalized spacial score (nSPS) is 14.1. The first kappa shape index (κ1) is 13.9. The summed E-state index contributed by atoms with van der Waals surface area (Å²) in [5, 5.41) is 3.63. The number of benzene rings is 1. The van der Waals surface area contributed by atoms with Gasteiger partial charge in [-0.2, -0.15) is 5.10 Å². The number of carbonyl (C=O) groups is 2. The number of ether oxygens (including phenoxy) is 2. The van der Waals surface area contributed by atoms with Crippen molar-refractivity contribution in [2.75, 3.05) is 7.11 Å². The molecule has 1 aliphatic rings. The molecule has 0 bridgehead atoms. The molecule has 0 spiro atoms. The van der Waals surface area contributed by atoms with Gasteiger partial charge in [0.25, 0.3) is 0 Å². The van der Waals surface area contributed by atoms with E-state index in [1.54, 1.807) is 18.2 Å². The van der Waals surface area contributed by atoms with E-state index in [2.05, 4.69) is 10.5 Å². The minimum Gasteiger partial charge on any atom is -0.493 e. The first-order chi connectivity index (χ1) is 9.60. The van der Waals surface area contributed by atoms with Gasteiger partial charge >= 0.3 is 12.0 Å². The Hall–Kier alpha value is -2.57. The zero-order chi connectivity index (χ0) is 14.5. The molecule has 2 amide bonds. The van der Waals surface area contributed by atoms with Crippen LogP contribution in [0.25, 0.3) is 0 Å². The van der Waals surface area contributed by atoms with E-state index < -0.39 is 6.03 Å². The quantitative estimate of drug-likeness (QED) is 0.363. The number of nitrogens with two attached hydrogens (primary N) is 1. The van der Waals surface area contributed by atoms with Crippen LogP contribution >= 0.6 is 0 Å². The van der Waals surface area contributed by atoms with Gasteiger partial charge in [0.05, 0.1) is 19.2 Å². The van der Waals surface area contributed by atoms with Crippen molar-refractivity contribution in [2.24, 2.45) is 16.8 Å². The van der Waals surface area contributed by atoms with Gasteiger partial charge in [0.2, 0.25) is 0 Å². The number of amides is 2. The van der Waals surface area contributed by atoms with Crippen molar-refractivity contribution in [3.8, 4) is 11.5 Å². The van der Waals surface area contributed by atoms with Crippen molar-refractivity contribution in [2.45, 2.75) is 12.8 Å². The highest BCUT2D eigenvalue weighted by Crippen LogP contribution is 2.33. The third kappa shape index (κ3) is 3.71. The lowest BCUT2D eigenvalue weighted by Crippen LogP contribution is -2.24. The molecule has 0 unspecified atom stereocenters. The van der Waals surface area contributed by atoms with Crippen molar-refractivity contribution in [3.05, 3.63) is 23.8 Å². The summed E-state index contributed by atoms with van der Waals surface area (Å²) < 4.78 is 10.4. The highest BCUT2D eigenvalue weighted by atomic mass is 16.6. The lowest BCUT2D eigenvalue weighted by molar-refractivity contribution is -0.135. The second-order valence-electron chi connectivity index (χ2n) is 4.34. The van der Waals surface area contributed by atoms with E-state index >= 15 is 0 Å². The first-order valence-corrected chi connectivity index (χ1v) is 6.08. The fourth-order valence-electron chi connectivity index (χ4n) is 1.53. The number of hydrogen-bond donors (Lipinski definition) is 2. The monoisotopic (exact) mass is 277 g/mol. The number of nitrogens with zero attached hydrogens (tertiary/aromatic N) is 1. The summed E-state index contributed by atoms with van der Waals surface area (Å²) in [6.45, 7) is 0. The molecule has 3 N–H and O–H groups in total. The number of urea groups is 1. The van der Waals surface area contributed by atoms with E-state index in [1.165, 1.54) is 13.3 Å². The third-order valence-corrected chi connectivity index (χ3v) is 2.70. The summed E-state index contributed by atoms with van der Waals surface area (Å²) in [5.74, 6) is 0.562. The molecule has 1 fully saturated rings. The molecule has 106 valence electrons. The standard InChI is InChI=1S/C13H15N3O4/c1-19-11-6-8(7-15-16-13(14)18)2-5-10(11)20-12(17)9-3-4-9/h2,5-7,9H,3-4H2,1H3,(H3,14,16,18)/b15-7-. The van der Waals surface area contributed by atoms with Crippen molar-refractivity contribution < 1.29 is 19.1 Å². The Morgan fingerprint density at radius 3 is 2.75 bits per heavy atom. The molecule has 7 nitrogen and oxygen atoms in total. The third-order valence-electron chi connectivity index (χ3n) is 2.70. The number of nitrogens with one attached hydrogen (secondary N) is 1. The zero-order valence-corrected chi connectivity index (χ0v) is 11.0. The van der Waals surface area contributed by atoms with Gasteiger partial charge in [-0.1, -0.05) is 0 Å². The Morgan fingerprint density at radius 2 is 2.15 bits per heavy atom. The van der Waals surface area contributed by atoms with Gasteiger partial charge in [-0.15, -0.1) is 0 Å². The van der Waals surface area contributed by atoms with Gasteiger partial charge in [0.15, 0.2) is 11.5 Å². The predicted octanol–water partition coefficient (Wildman–Crippen LogP) is 1.01. The molecule has 1 aromatic carbocycles. The van der Waals surface area contributed by atoms with E-state index in [0.29, 0.717) is 17.1 Å². The maximum Gasteiger partial charge on any atom is 0.332 e. The van der Waals surface area contributed by atoms with Gasteiger partial charge in [-0.25, -0.2) is 10.2 Å². The number of hydrazone groups is 1. The summed E-state index contributed by atoms with van der Waals surface area (Å²) in [6.07, 6.45) is 3.16. The summed E-state index contributed by atoms with van der Waals surface area (Å²) in [5.41, 5.74) is 7.63. The average molecular weight is 277 g/mol. The molecular formula is C13H15N3O4. The zero-order valence-electron chi connectivity index (χ0n) is 11.0. The van der Waals surface area contributed by atoms with Crippen LogP contribution < -0.4 is 20.6 Å². The molecule has 2 rings (SSSR count). The molecule has 1 aromatic rings. The SMILES string of the molecule is COc1cc(/C=N\NC(N)=O)ccc1OC(=O)C1CC1. The van der Waals surface area contributed by atoms with Crippen LogP contribution in [-0.2, 0) is 4.79 Å². The first-order valence-electron chi connectivity index (χ1n) is 6.08. The van der Waals surface area contributed by atoms with Crippen LogP contribution in [0.5, 0.6) is 11.5 Å². The predicted molar refractivity (Wildman–Crippen MR) is 71.7 cm³/mol. The summed E-state index contributed by atoms with van der Waals surface area (Å²) in [7, 11) is 1.48. The van der Waals surface area contributed by atoms with Gasteiger partial charge < -0.3 is 15.2 Å². The topological polar surface area (TPSA) is 103 Å². The molecule has 7 heteroatoms. The Bertz CT molecular complexity index is 553. The lowest BCUT2D eigenvalue weighted by atomic mass is 10.2. The maximum absolute atomic E-state index is 11.6. The summed E-state index contributed by atoms with van der Waals surface area (Å²) >= 11 is 0. The van der Waals surface area contributed by atoms with Crippen LogP contribution in [0.4, 0.5) is 4.79 Å². The van der Waals surface area contributed by atoms with Gasteiger partial charge in [-0.3, -0.25) is 4.79 Å². The van der Waals surface area contributed by atoms with Crippen LogP contribution in [0.3, 0.4) is 0 Å².